The summed E-state index contributed by atoms with van der Waals surface area (Å²) in [6.07, 6.45) is 5.34. The second-order valence-corrected chi connectivity index (χ2v) is 3.86. The van der Waals surface area contributed by atoms with E-state index < -0.39 is 0 Å². The first-order valence-corrected chi connectivity index (χ1v) is 5.29. The van der Waals surface area contributed by atoms with Crippen molar-refractivity contribution in [3.8, 4) is 0 Å². The van der Waals surface area contributed by atoms with Crippen molar-refractivity contribution in [2.24, 2.45) is 0 Å². The summed E-state index contributed by atoms with van der Waals surface area (Å²) in [5, 5.41) is 7.08. The minimum absolute atomic E-state index is 0.675. The van der Waals surface area contributed by atoms with Crippen LogP contribution in [0.2, 0.25) is 0 Å². The fourth-order valence-corrected chi connectivity index (χ4v) is 1.59. The Balaban J connectivity index is 2.05. The predicted molar refractivity (Wildman–Crippen MR) is 53.4 cm³/mol. The second-order valence-electron chi connectivity index (χ2n) is 3.86. The highest BCUT2D eigenvalue weighted by molar-refractivity contribution is 4.75. The van der Waals surface area contributed by atoms with Crippen LogP contribution >= 0.6 is 0 Å². The summed E-state index contributed by atoms with van der Waals surface area (Å²) in [5.41, 5.74) is 0. The van der Waals surface area contributed by atoms with E-state index in [0.29, 0.717) is 6.04 Å². The number of hydrogen-bond acceptors (Lipinski definition) is 2. The highest BCUT2D eigenvalue weighted by atomic mass is 15.0. The lowest BCUT2D eigenvalue weighted by atomic mass is 10.0. The van der Waals surface area contributed by atoms with Crippen LogP contribution in [0.15, 0.2) is 0 Å². The van der Waals surface area contributed by atoms with Crippen molar-refractivity contribution in [3.63, 3.8) is 0 Å². The first-order chi connectivity index (χ1) is 5.83. The first-order valence-electron chi connectivity index (χ1n) is 5.29. The van der Waals surface area contributed by atoms with Crippen LogP contribution in [0.1, 0.15) is 39.5 Å². The van der Waals surface area contributed by atoms with Crippen LogP contribution in [0, 0.1) is 0 Å². The van der Waals surface area contributed by atoms with Gasteiger partial charge in [-0.3, -0.25) is 0 Å². The molecule has 1 aliphatic heterocycles. The molecule has 12 heavy (non-hydrogen) atoms. The van der Waals surface area contributed by atoms with Gasteiger partial charge in [0, 0.05) is 18.6 Å². The minimum Gasteiger partial charge on any atom is -0.313 e. The molecule has 72 valence electrons. The Morgan fingerprint density at radius 1 is 1.50 bits per heavy atom. The highest BCUT2D eigenvalue weighted by Gasteiger charge is 2.12. The maximum atomic E-state index is 3.54. The lowest BCUT2D eigenvalue weighted by Crippen LogP contribution is -2.43. The van der Waals surface area contributed by atoms with Crippen molar-refractivity contribution in [2.75, 3.05) is 13.1 Å². The largest absolute Gasteiger partial charge is 0.313 e. The number of rotatable bonds is 4. The fraction of sp³-hybridized carbons (Fsp3) is 1.00. The molecule has 0 saturated carbocycles. The molecule has 0 aromatic rings. The first kappa shape index (κ1) is 10.0. The second kappa shape index (κ2) is 5.55. The van der Waals surface area contributed by atoms with E-state index in [2.05, 4.69) is 24.5 Å². The molecule has 2 heteroatoms. The van der Waals surface area contributed by atoms with E-state index in [1.165, 1.54) is 32.2 Å². The molecular formula is C10H22N2. The van der Waals surface area contributed by atoms with Crippen LogP contribution in [-0.4, -0.2) is 25.2 Å². The fourth-order valence-electron chi connectivity index (χ4n) is 1.59. The third-order valence-electron chi connectivity index (χ3n) is 2.74. The summed E-state index contributed by atoms with van der Waals surface area (Å²) in [5.74, 6) is 0. The summed E-state index contributed by atoms with van der Waals surface area (Å²) in [6.45, 7) is 6.84. The average molecular weight is 170 g/mol. The maximum Gasteiger partial charge on any atom is 0.0192 e. The average Bonchev–Trinajstić information content (AvgIpc) is 2.16. The molecule has 1 heterocycles. The molecule has 0 radical (unpaired) electrons. The molecule has 0 aromatic carbocycles. The number of hydrogen-bond donors (Lipinski definition) is 2. The van der Waals surface area contributed by atoms with Crippen LogP contribution in [0.5, 0.6) is 0 Å². The van der Waals surface area contributed by atoms with Gasteiger partial charge in [-0.2, -0.15) is 0 Å². The monoisotopic (exact) mass is 170 g/mol. The molecule has 1 fully saturated rings. The molecule has 0 aliphatic carbocycles. The summed E-state index contributed by atoms with van der Waals surface area (Å²) in [4.78, 5) is 0. The summed E-state index contributed by atoms with van der Waals surface area (Å²) < 4.78 is 0. The Bertz CT molecular complexity index is 108. The Morgan fingerprint density at radius 2 is 2.33 bits per heavy atom. The lowest BCUT2D eigenvalue weighted by Gasteiger charge is -2.25. The summed E-state index contributed by atoms with van der Waals surface area (Å²) in [6, 6.07) is 1.40. The smallest absolute Gasteiger partial charge is 0.0192 e. The van der Waals surface area contributed by atoms with Gasteiger partial charge >= 0.3 is 0 Å². The van der Waals surface area contributed by atoms with Crippen molar-refractivity contribution < 1.29 is 0 Å². The van der Waals surface area contributed by atoms with Gasteiger partial charge in [0.15, 0.2) is 0 Å². The van der Waals surface area contributed by atoms with Crippen molar-refractivity contribution in [1.29, 1.82) is 0 Å². The molecule has 2 N–H and O–H groups in total. The van der Waals surface area contributed by atoms with E-state index in [9.17, 15) is 0 Å². The van der Waals surface area contributed by atoms with Gasteiger partial charge in [0.1, 0.15) is 0 Å². The predicted octanol–water partition coefficient (Wildman–Crippen LogP) is 1.52. The normalized spacial score (nSPS) is 27.0. The summed E-state index contributed by atoms with van der Waals surface area (Å²) in [7, 11) is 0. The molecule has 1 aliphatic rings. The summed E-state index contributed by atoms with van der Waals surface area (Å²) >= 11 is 0. The van der Waals surface area contributed by atoms with Gasteiger partial charge in [0.25, 0.3) is 0 Å². The van der Waals surface area contributed by atoms with Crippen LogP contribution in [-0.2, 0) is 0 Å². The topological polar surface area (TPSA) is 24.1 Å². The molecule has 0 aromatic heterocycles. The lowest BCUT2D eigenvalue weighted by molar-refractivity contribution is 0.367. The molecule has 2 atom stereocenters. The van der Waals surface area contributed by atoms with Crippen molar-refractivity contribution in [1.82, 2.24) is 10.6 Å². The standard InChI is InChI=1S/C10H22N2/c1-3-9(2)12-8-10-6-4-5-7-11-10/h9-12H,3-8H2,1-2H3/t9?,10-/m0/s1. The number of nitrogens with one attached hydrogen (secondary N) is 2. The van der Waals surface area contributed by atoms with Crippen molar-refractivity contribution in [2.45, 2.75) is 51.6 Å². The van der Waals surface area contributed by atoms with Crippen LogP contribution in [0.4, 0.5) is 0 Å². The Labute approximate surface area is 76.1 Å². The molecule has 2 nitrogen and oxygen atoms in total. The highest BCUT2D eigenvalue weighted by Crippen LogP contribution is 2.05. The molecule has 1 unspecified atom stereocenters. The molecule has 0 bridgehead atoms. The molecule has 0 spiro atoms. The van der Waals surface area contributed by atoms with Gasteiger partial charge in [-0.1, -0.05) is 13.3 Å². The van der Waals surface area contributed by atoms with Crippen molar-refractivity contribution in [3.05, 3.63) is 0 Å². The van der Waals surface area contributed by atoms with Crippen LogP contribution < -0.4 is 10.6 Å². The Kier molecular flexibility index (Phi) is 4.62. The zero-order valence-corrected chi connectivity index (χ0v) is 8.40. The van der Waals surface area contributed by atoms with Crippen molar-refractivity contribution >= 4 is 0 Å². The van der Waals surface area contributed by atoms with E-state index >= 15 is 0 Å². The van der Waals surface area contributed by atoms with E-state index in [-0.39, 0.29) is 0 Å². The third-order valence-corrected chi connectivity index (χ3v) is 2.74. The maximum absolute atomic E-state index is 3.54. The third kappa shape index (κ3) is 3.55. The Morgan fingerprint density at radius 3 is 2.92 bits per heavy atom. The van der Waals surface area contributed by atoms with Crippen LogP contribution in [0.3, 0.4) is 0 Å². The van der Waals surface area contributed by atoms with Gasteiger partial charge in [-0.05, 0) is 32.7 Å². The van der Waals surface area contributed by atoms with Gasteiger partial charge in [-0.25, -0.2) is 0 Å². The Hall–Kier alpha value is -0.0800. The zero-order chi connectivity index (χ0) is 8.81. The van der Waals surface area contributed by atoms with Gasteiger partial charge in [0.2, 0.25) is 0 Å². The van der Waals surface area contributed by atoms with E-state index in [0.717, 1.165) is 12.6 Å². The molecule has 1 saturated heterocycles. The van der Waals surface area contributed by atoms with E-state index in [4.69, 9.17) is 0 Å². The minimum atomic E-state index is 0.675. The van der Waals surface area contributed by atoms with Gasteiger partial charge in [-0.15, -0.1) is 0 Å². The van der Waals surface area contributed by atoms with E-state index in [1.54, 1.807) is 0 Å². The van der Waals surface area contributed by atoms with E-state index in [1.807, 2.05) is 0 Å². The quantitative estimate of drug-likeness (QED) is 0.668. The number of piperidine rings is 1. The van der Waals surface area contributed by atoms with Gasteiger partial charge in [0.05, 0.1) is 0 Å². The molecular weight excluding hydrogens is 148 g/mol. The molecule has 1 rings (SSSR count). The molecule has 0 amide bonds. The van der Waals surface area contributed by atoms with Crippen LogP contribution in [0.25, 0.3) is 0 Å². The SMILES string of the molecule is CCC(C)NC[C@@H]1CCCCN1. The van der Waals surface area contributed by atoms with Gasteiger partial charge < -0.3 is 10.6 Å². The zero-order valence-electron chi connectivity index (χ0n) is 8.40.